The first-order chi connectivity index (χ1) is 9.51. The van der Waals surface area contributed by atoms with E-state index in [1.54, 1.807) is 13.0 Å². The third-order valence-electron chi connectivity index (χ3n) is 2.96. The molecule has 0 N–H and O–H groups in total. The Morgan fingerprint density at radius 1 is 1.30 bits per heavy atom. The summed E-state index contributed by atoms with van der Waals surface area (Å²) in [4.78, 5) is 25.6. The Labute approximate surface area is 120 Å². The molecule has 0 aliphatic carbocycles. The number of esters is 1. The minimum absolute atomic E-state index is 0.0630. The van der Waals surface area contributed by atoms with Crippen LogP contribution in [0.4, 0.5) is 0 Å². The van der Waals surface area contributed by atoms with Crippen LogP contribution in [0.1, 0.15) is 28.4 Å². The predicted molar refractivity (Wildman–Crippen MR) is 78.6 cm³/mol. The average Bonchev–Trinajstić information content (AvgIpc) is 2.38. The molecule has 4 nitrogen and oxygen atoms in total. The Hall–Kier alpha value is -2.10. The summed E-state index contributed by atoms with van der Waals surface area (Å²) >= 11 is 0. The fourth-order valence-electron chi connectivity index (χ4n) is 2.05. The molecule has 0 unspecified atom stereocenters. The van der Waals surface area contributed by atoms with Gasteiger partial charge in [0.25, 0.3) is 5.91 Å². The molecule has 0 bridgehead atoms. The van der Waals surface area contributed by atoms with Gasteiger partial charge in [-0.1, -0.05) is 24.3 Å². The van der Waals surface area contributed by atoms with Crippen molar-refractivity contribution in [3.05, 3.63) is 47.5 Å². The molecule has 1 amide bonds. The summed E-state index contributed by atoms with van der Waals surface area (Å²) in [7, 11) is 0. The lowest BCUT2D eigenvalue weighted by molar-refractivity contribution is -0.143. The molecular weight excluding hydrogens is 254 g/mol. The predicted octanol–water partition coefficient (Wildman–Crippen LogP) is 2.49. The number of ether oxygens (including phenoxy) is 1. The van der Waals surface area contributed by atoms with Gasteiger partial charge in [0.2, 0.25) is 0 Å². The van der Waals surface area contributed by atoms with Crippen molar-refractivity contribution in [2.75, 3.05) is 19.7 Å². The Bertz CT molecular complexity index is 488. The zero-order chi connectivity index (χ0) is 15.1. The molecule has 1 aromatic carbocycles. The molecule has 1 rings (SSSR count). The molecule has 0 atom stereocenters. The lowest BCUT2D eigenvalue weighted by atomic mass is 10.0. The fourth-order valence-corrected chi connectivity index (χ4v) is 2.05. The van der Waals surface area contributed by atoms with Gasteiger partial charge in [-0.2, -0.15) is 0 Å². The molecule has 0 spiro atoms. The Morgan fingerprint density at radius 3 is 2.40 bits per heavy atom. The second-order valence-electron chi connectivity index (χ2n) is 4.55. The van der Waals surface area contributed by atoms with Crippen molar-refractivity contribution in [2.45, 2.75) is 20.8 Å². The number of amides is 1. The zero-order valence-corrected chi connectivity index (χ0v) is 12.3. The van der Waals surface area contributed by atoms with E-state index in [9.17, 15) is 9.59 Å². The summed E-state index contributed by atoms with van der Waals surface area (Å²) in [5.41, 5.74) is 2.43. The van der Waals surface area contributed by atoms with Crippen LogP contribution in [0.15, 0.2) is 30.9 Å². The Balaban J connectivity index is 2.99. The van der Waals surface area contributed by atoms with Gasteiger partial charge in [-0.25, -0.2) is 0 Å². The maximum Gasteiger partial charge on any atom is 0.325 e. The van der Waals surface area contributed by atoms with E-state index < -0.39 is 5.97 Å². The highest BCUT2D eigenvalue weighted by molar-refractivity contribution is 5.98. The van der Waals surface area contributed by atoms with Gasteiger partial charge >= 0.3 is 5.97 Å². The average molecular weight is 275 g/mol. The van der Waals surface area contributed by atoms with Gasteiger partial charge in [-0.3, -0.25) is 9.59 Å². The van der Waals surface area contributed by atoms with Crippen molar-refractivity contribution in [3.8, 4) is 0 Å². The van der Waals surface area contributed by atoms with Crippen LogP contribution in [0.2, 0.25) is 0 Å². The smallest absolute Gasteiger partial charge is 0.325 e. The summed E-state index contributed by atoms with van der Waals surface area (Å²) in [6.45, 7) is 9.69. The van der Waals surface area contributed by atoms with Gasteiger partial charge in [0.1, 0.15) is 6.54 Å². The SMILES string of the molecule is C=CCN(CC(=O)OCC)C(=O)c1c(C)cccc1C. The number of aryl methyl sites for hydroxylation is 2. The first-order valence-electron chi connectivity index (χ1n) is 6.63. The third-order valence-corrected chi connectivity index (χ3v) is 2.96. The molecule has 0 heterocycles. The summed E-state index contributed by atoms with van der Waals surface area (Å²) in [6, 6.07) is 5.68. The quantitative estimate of drug-likeness (QED) is 0.592. The Morgan fingerprint density at radius 2 is 1.90 bits per heavy atom. The van der Waals surface area contributed by atoms with E-state index in [0.29, 0.717) is 18.7 Å². The van der Waals surface area contributed by atoms with Gasteiger partial charge in [-0.05, 0) is 31.9 Å². The first kappa shape index (κ1) is 16.0. The van der Waals surface area contributed by atoms with Crippen molar-refractivity contribution in [2.24, 2.45) is 0 Å². The summed E-state index contributed by atoms with van der Waals surface area (Å²) in [5.74, 6) is -0.581. The number of rotatable bonds is 6. The lowest BCUT2D eigenvalue weighted by Crippen LogP contribution is -2.37. The minimum atomic E-state index is -0.408. The number of nitrogens with zero attached hydrogens (tertiary/aromatic N) is 1. The lowest BCUT2D eigenvalue weighted by Gasteiger charge is -2.22. The molecule has 0 aliphatic rings. The number of carbonyl (C=O) groups excluding carboxylic acids is 2. The monoisotopic (exact) mass is 275 g/mol. The van der Waals surface area contributed by atoms with Crippen molar-refractivity contribution in [3.63, 3.8) is 0 Å². The van der Waals surface area contributed by atoms with Crippen LogP contribution in [0, 0.1) is 13.8 Å². The first-order valence-corrected chi connectivity index (χ1v) is 6.63. The van der Waals surface area contributed by atoms with Crippen LogP contribution >= 0.6 is 0 Å². The highest BCUT2D eigenvalue weighted by atomic mass is 16.5. The van der Waals surface area contributed by atoms with Crippen LogP contribution in [-0.2, 0) is 9.53 Å². The fraction of sp³-hybridized carbons (Fsp3) is 0.375. The highest BCUT2D eigenvalue weighted by Gasteiger charge is 2.21. The van der Waals surface area contributed by atoms with Crippen molar-refractivity contribution < 1.29 is 14.3 Å². The summed E-state index contributed by atoms with van der Waals surface area (Å²) < 4.78 is 4.90. The third kappa shape index (κ3) is 3.95. The van der Waals surface area contributed by atoms with Crippen LogP contribution < -0.4 is 0 Å². The normalized spacial score (nSPS) is 9.95. The molecular formula is C16H21NO3. The topological polar surface area (TPSA) is 46.6 Å². The van der Waals surface area contributed by atoms with E-state index in [4.69, 9.17) is 4.74 Å². The van der Waals surface area contributed by atoms with E-state index in [0.717, 1.165) is 11.1 Å². The second kappa shape index (κ2) is 7.48. The molecule has 0 saturated heterocycles. The number of hydrogen-bond donors (Lipinski definition) is 0. The second-order valence-corrected chi connectivity index (χ2v) is 4.55. The summed E-state index contributed by atoms with van der Waals surface area (Å²) in [5, 5.41) is 0. The van der Waals surface area contributed by atoms with Gasteiger partial charge < -0.3 is 9.64 Å². The standard InChI is InChI=1S/C16H21NO3/c1-5-10-17(11-14(18)20-6-2)16(19)15-12(3)8-7-9-13(15)4/h5,7-9H,1,6,10-11H2,2-4H3. The maximum absolute atomic E-state index is 12.6. The maximum atomic E-state index is 12.6. The van der Waals surface area contributed by atoms with Crippen LogP contribution in [-0.4, -0.2) is 36.5 Å². The summed E-state index contributed by atoms with van der Waals surface area (Å²) in [6.07, 6.45) is 1.60. The van der Waals surface area contributed by atoms with Gasteiger partial charge in [0.15, 0.2) is 0 Å². The highest BCUT2D eigenvalue weighted by Crippen LogP contribution is 2.16. The molecule has 0 fully saturated rings. The van der Waals surface area contributed by atoms with Crippen LogP contribution in [0.3, 0.4) is 0 Å². The molecule has 20 heavy (non-hydrogen) atoms. The largest absolute Gasteiger partial charge is 0.465 e. The molecule has 108 valence electrons. The molecule has 0 aromatic heterocycles. The van der Waals surface area contributed by atoms with Gasteiger partial charge in [0, 0.05) is 12.1 Å². The minimum Gasteiger partial charge on any atom is -0.465 e. The molecule has 0 radical (unpaired) electrons. The Kier molecular flexibility index (Phi) is 5.97. The van der Waals surface area contributed by atoms with E-state index in [-0.39, 0.29) is 12.5 Å². The van der Waals surface area contributed by atoms with E-state index in [1.807, 2.05) is 32.0 Å². The molecule has 0 saturated carbocycles. The van der Waals surface area contributed by atoms with E-state index in [1.165, 1.54) is 4.90 Å². The van der Waals surface area contributed by atoms with Crippen LogP contribution in [0.25, 0.3) is 0 Å². The van der Waals surface area contributed by atoms with Gasteiger partial charge in [0.05, 0.1) is 6.61 Å². The molecule has 4 heteroatoms. The van der Waals surface area contributed by atoms with Crippen LogP contribution in [0.5, 0.6) is 0 Å². The van der Waals surface area contributed by atoms with Crippen molar-refractivity contribution in [1.82, 2.24) is 4.90 Å². The molecule has 1 aromatic rings. The molecule has 0 aliphatic heterocycles. The van der Waals surface area contributed by atoms with E-state index in [2.05, 4.69) is 6.58 Å². The number of hydrogen-bond acceptors (Lipinski definition) is 3. The number of benzene rings is 1. The number of carbonyl (C=O) groups is 2. The van der Waals surface area contributed by atoms with Crippen molar-refractivity contribution >= 4 is 11.9 Å². The van der Waals surface area contributed by atoms with E-state index >= 15 is 0 Å². The zero-order valence-electron chi connectivity index (χ0n) is 12.3. The van der Waals surface area contributed by atoms with Crippen molar-refractivity contribution in [1.29, 1.82) is 0 Å². The van der Waals surface area contributed by atoms with Gasteiger partial charge in [-0.15, -0.1) is 6.58 Å².